The molecule has 0 aromatic heterocycles. The van der Waals surface area contributed by atoms with Crippen LogP contribution in [0.5, 0.6) is 0 Å². The first-order chi connectivity index (χ1) is 6.76. The van der Waals surface area contributed by atoms with E-state index in [0.717, 1.165) is 38.8 Å². The highest BCUT2D eigenvalue weighted by molar-refractivity contribution is 5.54. The van der Waals surface area contributed by atoms with Crippen molar-refractivity contribution in [2.45, 2.75) is 32.7 Å². The van der Waals surface area contributed by atoms with E-state index in [9.17, 15) is 4.79 Å². The van der Waals surface area contributed by atoms with Crippen LogP contribution in [-0.4, -0.2) is 43.1 Å². The van der Waals surface area contributed by atoms with Gasteiger partial charge in [0, 0.05) is 12.5 Å². The Morgan fingerprint density at radius 2 is 2.14 bits per heavy atom. The van der Waals surface area contributed by atoms with Gasteiger partial charge in [0.25, 0.3) is 0 Å². The number of aldehydes is 1. The minimum atomic E-state index is 0.302. The fourth-order valence-corrected chi connectivity index (χ4v) is 1.95. The number of piperidine rings is 1. The van der Waals surface area contributed by atoms with E-state index >= 15 is 0 Å². The Hall–Kier alpha value is -0.700. The van der Waals surface area contributed by atoms with Gasteiger partial charge in [0.05, 0.1) is 6.04 Å². The summed E-state index contributed by atoms with van der Waals surface area (Å²) in [5, 5.41) is 0. The lowest BCUT2D eigenvalue weighted by atomic mass is 9.98. The summed E-state index contributed by atoms with van der Waals surface area (Å²) < 4.78 is 0. The van der Waals surface area contributed by atoms with Crippen LogP contribution in [0.15, 0.2) is 4.99 Å². The van der Waals surface area contributed by atoms with Gasteiger partial charge in [-0.1, -0.05) is 0 Å². The molecule has 0 aromatic carbocycles. The summed E-state index contributed by atoms with van der Waals surface area (Å²) in [6.07, 6.45) is 5.01. The standard InChI is InChI=1S/C11H20N2O/c1-3-12-10(2)8-13-6-4-11(9-14)5-7-13/h3,9-11H,4-8H2,1-2H3. The average Bonchev–Trinajstić information content (AvgIpc) is 2.19. The molecule has 3 heteroatoms. The van der Waals surface area contributed by atoms with E-state index in [4.69, 9.17) is 0 Å². The maximum Gasteiger partial charge on any atom is 0.123 e. The van der Waals surface area contributed by atoms with E-state index in [1.165, 1.54) is 0 Å². The molecule has 1 heterocycles. The molecule has 0 radical (unpaired) electrons. The maximum absolute atomic E-state index is 10.5. The van der Waals surface area contributed by atoms with Crippen LogP contribution in [0.4, 0.5) is 0 Å². The highest BCUT2D eigenvalue weighted by Gasteiger charge is 2.19. The lowest BCUT2D eigenvalue weighted by molar-refractivity contribution is -0.112. The molecule has 1 unspecified atom stereocenters. The second kappa shape index (κ2) is 5.91. The molecular formula is C11H20N2O. The Kier molecular flexibility index (Phi) is 4.80. The van der Waals surface area contributed by atoms with Gasteiger partial charge in [-0.25, -0.2) is 0 Å². The third kappa shape index (κ3) is 3.58. The van der Waals surface area contributed by atoms with Crippen molar-refractivity contribution in [2.24, 2.45) is 10.9 Å². The van der Waals surface area contributed by atoms with Crippen molar-refractivity contribution in [1.82, 2.24) is 4.90 Å². The molecule has 1 saturated heterocycles. The number of rotatable bonds is 4. The van der Waals surface area contributed by atoms with Crippen molar-refractivity contribution >= 4 is 12.5 Å². The van der Waals surface area contributed by atoms with Crippen LogP contribution in [0.1, 0.15) is 26.7 Å². The molecule has 0 spiro atoms. The van der Waals surface area contributed by atoms with Crippen molar-refractivity contribution in [1.29, 1.82) is 0 Å². The number of aliphatic imine (C=N–C) groups is 1. The van der Waals surface area contributed by atoms with E-state index < -0.39 is 0 Å². The van der Waals surface area contributed by atoms with Crippen LogP contribution in [0.25, 0.3) is 0 Å². The first kappa shape index (κ1) is 11.4. The molecular weight excluding hydrogens is 176 g/mol. The summed E-state index contributed by atoms with van der Waals surface area (Å²) >= 11 is 0. The molecule has 1 fully saturated rings. The monoisotopic (exact) mass is 196 g/mol. The molecule has 1 aliphatic rings. The maximum atomic E-state index is 10.5. The third-order valence-electron chi connectivity index (χ3n) is 2.75. The van der Waals surface area contributed by atoms with Gasteiger partial charge in [-0.05, 0) is 46.0 Å². The SMILES string of the molecule is CC=NC(C)CN1CCC(C=O)CC1. The predicted molar refractivity (Wildman–Crippen MR) is 58.9 cm³/mol. The summed E-state index contributed by atoms with van der Waals surface area (Å²) in [7, 11) is 0. The Labute approximate surface area is 86.2 Å². The fourth-order valence-electron chi connectivity index (χ4n) is 1.95. The predicted octanol–water partition coefficient (Wildman–Crippen LogP) is 1.38. The largest absolute Gasteiger partial charge is 0.303 e. The van der Waals surface area contributed by atoms with Gasteiger partial charge in [-0.3, -0.25) is 4.99 Å². The summed E-state index contributed by atoms with van der Waals surface area (Å²) in [5.41, 5.74) is 0. The Balaban J connectivity index is 2.24. The second-order valence-electron chi connectivity index (χ2n) is 4.03. The van der Waals surface area contributed by atoms with Gasteiger partial charge < -0.3 is 9.69 Å². The van der Waals surface area contributed by atoms with Crippen LogP contribution in [-0.2, 0) is 4.79 Å². The molecule has 1 aliphatic heterocycles. The smallest absolute Gasteiger partial charge is 0.123 e. The molecule has 0 N–H and O–H groups in total. The quantitative estimate of drug-likeness (QED) is 0.502. The third-order valence-corrected chi connectivity index (χ3v) is 2.75. The molecule has 0 saturated carbocycles. The van der Waals surface area contributed by atoms with Crippen molar-refractivity contribution in [3.05, 3.63) is 0 Å². The first-order valence-corrected chi connectivity index (χ1v) is 5.41. The topological polar surface area (TPSA) is 32.7 Å². The van der Waals surface area contributed by atoms with E-state index in [1.54, 1.807) is 0 Å². The summed E-state index contributed by atoms with van der Waals surface area (Å²) in [6, 6.07) is 0.382. The molecule has 14 heavy (non-hydrogen) atoms. The lowest BCUT2D eigenvalue weighted by Gasteiger charge is -2.30. The Morgan fingerprint density at radius 1 is 1.50 bits per heavy atom. The highest BCUT2D eigenvalue weighted by atomic mass is 16.1. The van der Waals surface area contributed by atoms with E-state index in [2.05, 4.69) is 16.8 Å². The zero-order chi connectivity index (χ0) is 10.4. The van der Waals surface area contributed by atoms with Crippen molar-refractivity contribution in [2.75, 3.05) is 19.6 Å². The molecule has 0 aliphatic carbocycles. The molecule has 1 rings (SSSR count). The van der Waals surface area contributed by atoms with E-state index in [1.807, 2.05) is 13.1 Å². The molecule has 0 amide bonds. The van der Waals surface area contributed by atoms with Crippen LogP contribution < -0.4 is 0 Å². The zero-order valence-corrected chi connectivity index (χ0v) is 9.15. The highest BCUT2D eigenvalue weighted by Crippen LogP contribution is 2.15. The number of likely N-dealkylation sites (tertiary alicyclic amines) is 1. The van der Waals surface area contributed by atoms with Gasteiger partial charge in [0.15, 0.2) is 0 Å². The lowest BCUT2D eigenvalue weighted by Crippen LogP contribution is -2.38. The number of carbonyl (C=O) groups is 1. The van der Waals surface area contributed by atoms with Crippen LogP contribution in [0.2, 0.25) is 0 Å². The van der Waals surface area contributed by atoms with Gasteiger partial charge in [-0.2, -0.15) is 0 Å². The molecule has 0 bridgehead atoms. The fraction of sp³-hybridized carbons (Fsp3) is 0.818. The second-order valence-corrected chi connectivity index (χ2v) is 4.03. The van der Waals surface area contributed by atoms with Crippen LogP contribution in [0.3, 0.4) is 0 Å². The summed E-state index contributed by atoms with van der Waals surface area (Å²) in [5.74, 6) is 0.302. The van der Waals surface area contributed by atoms with Crippen LogP contribution >= 0.6 is 0 Å². The molecule has 1 atom stereocenters. The van der Waals surface area contributed by atoms with Gasteiger partial charge in [0.2, 0.25) is 0 Å². The molecule has 3 nitrogen and oxygen atoms in total. The van der Waals surface area contributed by atoms with E-state index in [0.29, 0.717) is 12.0 Å². The number of hydrogen-bond donors (Lipinski definition) is 0. The molecule has 80 valence electrons. The zero-order valence-electron chi connectivity index (χ0n) is 9.15. The number of nitrogens with zero attached hydrogens (tertiary/aromatic N) is 2. The average molecular weight is 196 g/mol. The first-order valence-electron chi connectivity index (χ1n) is 5.41. The normalized spacial score (nSPS) is 22.7. The van der Waals surface area contributed by atoms with Gasteiger partial charge in [-0.15, -0.1) is 0 Å². The Morgan fingerprint density at radius 3 is 2.64 bits per heavy atom. The van der Waals surface area contributed by atoms with Crippen LogP contribution in [0, 0.1) is 5.92 Å². The Bertz CT molecular complexity index is 195. The minimum absolute atomic E-state index is 0.302. The number of carbonyl (C=O) groups excluding carboxylic acids is 1. The summed E-state index contributed by atoms with van der Waals surface area (Å²) in [6.45, 7) is 7.21. The minimum Gasteiger partial charge on any atom is -0.303 e. The van der Waals surface area contributed by atoms with Crippen molar-refractivity contribution in [3.63, 3.8) is 0 Å². The molecule has 0 aromatic rings. The van der Waals surface area contributed by atoms with Crippen molar-refractivity contribution in [3.8, 4) is 0 Å². The number of hydrogen-bond acceptors (Lipinski definition) is 3. The van der Waals surface area contributed by atoms with Gasteiger partial charge >= 0.3 is 0 Å². The van der Waals surface area contributed by atoms with Gasteiger partial charge in [0.1, 0.15) is 6.29 Å². The van der Waals surface area contributed by atoms with Crippen molar-refractivity contribution < 1.29 is 4.79 Å². The van der Waals surface area contributed by atoms with E-state index in [-0.39, 0.29) is 0 Å². The summed E-state index contributed by atoms with van der Waals surface area (Å²) in [4.78, 5) is 17.3.